The van der Waals surface area contributed by atoms with Gasteiger partial charge in [0.05, 0.1) is 12.1 Å². The number of rotatable bonds is 10. The summed E-state index contributed by atoms with van der Waals surface area (Å²) >= 11 is 6.31. The zero-order chi connectivity index (χ0) is 18.1. The van der Waals surface area contributed by atoms with Crippen molar-refractivity contribution in [2.75, 3.05) is 26.9 Å². The van der Waals surface area contributed by atoms with Gasteiger partial charge in [0.2, 0.25) is 0 Å². The minimum atomic E-state index is 0.378. The summed E-state index contributed by atoms with van der Waals surface area (Å²) in [6.07, 6.45) is 2.97. The molecule has 0 heterocycles. The molecule has 0 aliphatic carbocycles. The van der Waals surface area contributed by atoms with Gasteiger partial charge < -0.3 is 19.9 Å². The van der Waals surface area contributed by atoms with Gasteiger partial charge in [-0.15, -0.1) is 0 Å². The van der Waals surface area contributed by atoms with E-state index in [1.54, 1.807) is 7.11 Å². The molecule has 5 heteroatoms. The average molecular weight is 364 g/mol. The summed E-state index contributed by atoms with van der Waals surface area (Å²) in [5.41, 5.74) is 7.94. The van der Waals surface area contributed by atoms with Crippen LogP contribution in [-0.4, -0.2) is 26.9 Å². The molecule has 0 radical (unpaired) electrons. The highest BCUT2D eigenvalue weighted by Gasteiger charge is 2.12. The standard InChI is InChI=1S/C20H26ClNO3/c1-3-4-15-5-7-17(8-6-15)24-11-12-25-20-18(21)13-16(9-10-22)14-19(20)23-2/h5-8,13-14H,3-4,9-12,22H2,1-2H3. The molecule has 4 nitrogen and oxygen atoms in total. The van der Waals surface area contributed by atoms with Crippen LogP contribution >= 0.6 is 11.6 Å². The fourth-order valence-corrected chi connectivity index (χ4v) is 2.86. The molecule has 0 saturated heterocycles. The predicted molar refractivity (Wildman–Crippen MR) is 102 cm³/mol. The number of hydrogen-bond donors (Lipinski definition) is 1. The van der Waals surface area contributed by atoms with Crippen molar-refractivity contribution >= 4 is 11.6 Å². The molecule has 0 aliphatic heterocycles. The Labute approximate surface area is 154 Å². The van der Waals surface area contributed by atoms with Crippen LogP contribution in [-0.2, 0) is 12.8 Å². The molecule has 2 N–H and O–H groups in total. The van der Waals surface area contributed by atoms with Crippen LogP contribution in [0, 0.1) is 0 Å². The van der Waals surface area contributed by atoms with Crippen molar-refractivity contribution in [2.45, 2.75) is 26.2 Å². The highest BCUT2D eigenvalue weighted by Crippen LogP contribution is 2.36. The Morgan fingerprint density at radius 2 is 1.68 bits per heavy atom. The molecule has 0 amide bonds. The lowest BCUT2D eigenvalue weighted by Gasteiger charge is -2.14. The maximum atomic E-state index is 6.31. The first-order chi connectivity index (χ1) is 12.2. The van der Waals surface area contributed by atoms with E-state index in [4.69, 9.17) is 31.5 Å². The van der Waals surface area contributed by atoms with Gasteiger partial charge in [-0.05, 0) is 54.8 Å². The Morgan fingerprint density at radius 3 is 2.32 bits per heavy atom. The summed E-state index contributed by atoms with van der Waals surface area (Å²) in [6, 6.07) is 11.9. The first-order valence-electron chi connectivity index (χ1n) is 8.59. The second kappa shape index (κ2) is 10.2. The van der Waals surface area contributed by atoms with Crippen molar-refractivity contribution < 1.29 is 14.2 Å². The lowest BCUT2D eigenvalue weighted by molar-refractivity contribution is 0.211. The van der Waals surface area contributed by atoms with Gasteiger partial charge in [-0.3, -0.25) is 0 Å². The molecule has 0 aliphatic rings. The van der Waals surface area contributed by atoms with Crippen LogP contribution in [0.1, 0.15) is 24.5 Å². The third kappa shape index (κ3) is 5.83. The number of aryl methyl sites for hydroxylation is 1. The van der Waals surface area contributed by atoms with Gasteiger partial charge in [0.25, 0.3) is 0 Å². The number of hydrogen-bond acceptors (Lipinski definition) is 4. The second-order valence-corrected chi connectivity index (χ2v) is 6.15. The minimum absolute atomic E-state index is 0.378. The van der Waals surface area contributed by atoms with E-state index in [9.17, 15) is 0 Å². The summed E-state index contributed by atoms with van der Waals surface area (Å²) in [7, 11) is 1.60. The van der Waals surface area contributed by atoms with E-state index in [2.05, 4.69) is 19.1 Å². The second-order valence-electron chi connectivity index (χ2n) is 5.74. The van der Waals surface area contributed by atoms with Crippen LogP contribution in [0.2, 0.25) is 5.02 Å². The third-order valence-corrected chi connectivity index (χ3v) is 4.06. The van der Waals surface area contributed by atoms with Crippen LogP contribution in [0.4, 0.5) is 0 Å². The van der Waals surface area contributed by atoms with Gasteiger partial charge in [0.15, 0.2) is 11.5 Å². The van der Waals surface area contributed by atoms with Crippen molar-refractivity contribution in [3.63, 3.8) is 0 Å². The SMILES string of the molecule is CCCc1ccc(OCCOc2c(Cl)cc(CCN)cc2OC)cc1. The van der Waals surface area contributed by atoms with E-state index < -0.39 is 0 Å². The quantitative estimate of drug-likeness (QED) is 0.641. The first-order valence-corrected chi connectivity index (χ1v) is 8.96. The van der Waals surface area contributed by atoms with Crippen LogP contribution in [0.25, 0.3) is 0 Å². The van der Waals surface area contributed by atoms with Crippen molar-refractivity contribution in [3.05, 3.63) is 52.5 Å². The van der Waals surface area contributed by atoms with E-state index in [1.165, 1.54) is 5.56 Å². The Balaban J connectivity index is 1.88. The maximum absolute atomic E-state index is 6.31. The summed E-state index contributed by atoms with van der Waals surface area (Å²) in [4.78, 5) is 0. The Kier molecular flexibility index (Phi) is 7.89. The third-order valence-electron chi connectivity index (χ3n) is 3.78. The van der Waals surface area contributed by atoms with Crippen molar-refractivity contribution in [1.29, 1.82) is 0 Å². The summed E-state index contributed by atoms with van der Waals surface area (Å²) < 4.78 is 16.8. The monoisotopic (exact) mass is 363 g/mol. The van der Waals surface area contributed by atoms with Crippen LogP contribution in [0.5, 0.6) is 17.2 Å². The highest BCUT2D eigenvalue weighted by molar-refractivity contribution is 6.32. The van der Waals surface area contributed by atoms with Crippen LogP contribution in [0.3, 0.4) is 0 Å². The molecule has 2 aromatic carbocycles. The van der Waals surface area contributed by atoms with E-state index >= 15 is 0 Å². The number of ether oxygens (including phenoxy) is 3. The van der Waals surface area contributed by atoms with Gasteiger partial charge in [0, 0.05) is 0 Å². The molecule has 0 fully saturated rings. The molecule has 136 valence electrons. The summed E-state index contributed by atoms with van der Waals surface area (Å²) in [5, 5.41) is 0.520. The zero-order valence-electron chi connectivity index (χ0n) is 14.9. The lowest BCUT2D eigenvalue weighted by atomic mass is 10.1. The minimum Gasteiger partial charge on any atom is -0.493 e. The lowest BCUT2D eigenvalue weighted by Crippen LogP contribution is -2.10. The Hall–Kier alpha value is -1.91. The van der Waals surface area contributed by atoms with Crippen molar-refractivity contribution in [3.8, 4) is 17.2 Å². The largest absolute Gasteiger partial charge is 0.493 e. The molecule has 0 unspecified atom stereocenters. The number of halogens is 1. The van der Waals surface area contributed by atoms with Gasteiger partial charge in [-0.25, -0.2) is 0 Å². The number of nitrogens with two attached hydrogens (primary N) is 1. The maximum Gasteiger partial charge on any atom is 0.179 e. The molecule has 2 aromatic rings. The van der Waals surface area contributed by atoms with E-state index in [1.807, 2.05) is 24.3 Å². The van der Waals surface area contributed by atoms with E-state index in [-0.39, 0.29) is 0 Å². The molecule has 0 bridgehead atoms. The zero-order valence-corrected chi connectivity index (χ0v) is 15.6. The highest BCUT2D eigenvalue weighted by atomic mass is 35.5. The Bertz CT molecular complexity index is 659. The fraction of sp³-hybridized carbons (Fsp3) is 0.400. The van der Waals surface area contributed by atoms with Gasteiger partial charge in [0.1, 0.15) is 19.0 Å². The van der Waals surface area contributed by atoms with Gasteiger partial charge >= 0.3 is 0 Å². The first kappa shape index (κ1) is 19.4. The fourth-order valence-electron chi connectivity index (χ4n) is 2.57. The van der Waals surface area contributed by atoms with Crippen LogP contribution in [0.15, 0.2) is 36.4 Å². The molecular weight excluding hydrogens is 338 g/mol. The average Bonchev–Trinajstić information content (AvgIpc) is 2.61. The summed E-state index contributed by atoms with van der Waals surface area (Å²) in [5.74, 6) is 1.98. The topological polar surface area (TPSA) is 53.7 Å². The van der Waals surface area contributed by atoms with E-state index in [0.29, 0.717) is 36.3 Å². The molecule has 0 atom stereocenters. The summed E-state index contributed by atoms with van der Waals surface area (Å²) in [6.45, 7) is 3.54. The molecule has 25 heavy (non-hydrogen) atoms. The molecule has 2 rings (SSSR count). The van der Waals surface area contributed by atoms with Crippen LogP contribution < -0.4 is 19.9 Å². The van der Waals surface area contributed by atoms with Gasteiger partial charge in [-0.2, -0.15) is 0 Å². The smallest absolute Gasteiger partial charge is 0.179 e. The van der Waals surface area contributed by atoms with Crippen molar-refractivity contribution in [1.82, 2.24) is 0 Å². The predicted octanol–water partition coefficient (Wildman–Crippen LogP) is 4.26. The van der Waals surface area contributed by atoms with E-state index in [0.717, 1.165) is 30.6 Å². The molecule has 0 saturated carbocycles. The molecular formula is C20H26ClNO3. The molecule has 0 spiro atoms. The molecule has 0 aromatic heterocycles. The van der Waals surface area contributed by atoms with Crippen molar-refractivity contribution in [2.24, 2.45) is 5.73 Å². The normalized spacial score (nSPS) is 10.6. The number of methoxy groups -OCH3 is 1. The van der Waals surface area contributed by atoms with Gasteiger partial charge in [-0.1, -0.05) is 37.1 Å². The Morgan fingerprint density at radius 1 is 0.960 bits per heavy atom. The number of benzene rings is 2.